The Morgan fingerprint density at radius 1 is 1.19 bits per heavy atom. The lowest BCUT2D eigenvalue weighted by Crippen LogP contribution is -2.36. The quantitative estimate of drug-likeness (QED) is 0.659. The molecule has 7 nitrogen and oxygen atoms in total. The Kier molecular flexibility index (Phi) is 6.78. The van der Waals surface area contributed by atoms with Gasteiger partial charge in [0.05, 0.1) is 23.8 Å². The molecule has 32 heavy (non-hydrogen) atoms. The number of halogens is 2. The van der Waals surface area contributed by atoms with Crippen LogP contribution in [0.2, 0.25) is 5.02 Å². The molecular weight excluding hydrogens is 457 g/mol. The number of anilines is 2. The number of imide groups is 1. The topological polar surface area (TPSA) is 79.0 Å². The van der Waals surface area contributed by atoms with E-state index in [0.29, 0.717) is 60.0 Å². The molecule has 0 unspecified atom stereocenters. The van der Waals surface area contributed by atoms with E-state index in [1.165, 1.54) is 12.1 Å². The van der Waals surface area contributed by atoms with Gasteiger partial charge in [-0.1, -0.05) is 23.7 Å². The molecule has 166 valence electrons. The van der Waals surface area contributed by atoms with Gasteiger partial charge in [-0.15, -0.1) is 0 Å². The predicted molar refractivity (Wildman–Crippen MR) is 122 cm³/mol. The van der Waals surface area contributed by atoms with Gasteiger partial charge in [0.2, 0.25) is 5.91 Å². The van der Waals surface area contributed by atoms with Crippen LogP contribution < -0.4 is 10.2 Å². The minimum atomic E-state index is -0.598. The van der Waals surface area contributed by atoms with Gasteiger partial charge in [0.1, 0.15) is 12.4 Å². The normalized spacial score (nSPS) is 17.9. The molecule has 3 amide bonds. The van der Waals surface area contributed by atoms with Gasteiger partial charge >= 0.3 is 0 Å². The van der Waals surface area contributed by atoms with Crippen LogP contribution in [0.4, 0.5) is 20.6 Å². The maximum absolute atomic E-state index is 14.6. The molecular formula is C22H19ClFN3O4S. The first-order valence-electron chi connectivity index (χ1n) is 9.84. The number of morpholine rings is 1. The number of nitrogens with zero attached hydrogens (tertiary/aromatic N) is 2. The van der Waals surface area contributed by atoms with Gasteiger partial charge in [0, 0.05) is 23.8 Å². The van der Waals surface area contributed by atoms with Crippen LogP contribution in [0.3, 0.4) is 0 Å². The second kappa shape index (κ2) is 9.72. The number of rotatable bonds is 5. The fraction of sp³-hybridized carbons (Fsp3) is 0.227. The van der Waals surface area contributed by atoms with E-state index in [0.717, 1.165) is 4.90 Å². The van der Waals surface area contributed by atoms with Crippen LogP contribution in [0.1, 0.15) is 5.56 Å². The highest BCUT2D eigenvalue weighted by Crippen LogP contribution is 2.33. The molecule has 0 spiro atoms. The molecule has 2 saturated heterocycles. The lowest BCUT2D eigenvalue weighted by molar-refractivity contribution is -0.127. The molecule has 2 aliphatic heterocycles. The smallest absolute Gasteiger partial charge is 0.294 e. The van der Waals surface area contributed by atoms with Crippen LogP contribution in [0.15, 0.2) is 47.4 Å². The molecule has 4 rings (SSSR count). The number of benzene rings is 2. The zero-order valence-corrected chi connectivity index (χ0v) is 18.4. The molecule has 2 aromatic rings. The van der Waals surface area contributed by atoms with E-state index in [9.17, 15) is 18.8 Å². The van der Waals surface area contributed by atoms with Gasteiger partial charge in [0.25, 0.3) is 11.1 Å². The van der Waals surface area contributed by atoms with Crippen LogP contribution in [0.25, 0.3) is 6.08 Å². The summed E-state index contributed by atoms with van der Waals surface area (Å²) >= 11 is 6.60. The third-order valence-electron chi connectivity index (χ3n) is 4.90. The predicted octanol–water partition coefficient (Wildman–Crippen LogP) is 3.99. The highest BCUT2D eigenvalue weighted by atomic mass is 35.5. The average molecular weight is 476 g/mol. The van der Waals surface area contributed by atoms with Gasteiger partial charge in [-0.2, -0.15) is 0 Å². The average Bonchev–Trinajstić information content (AvgIpc) is 3.02. The highest BCUT2D eigenvalue weighted by molar-refractivity contribution is 8.18. The van der Waals surface area contributed by atoms with Crippen molar-refractivity contribution in [2.24, 2.45) is 0 Å². The summed E-state index contributed by atoms with van der Waals surface area (Å²) < 4.78 is 19.9. The Bertz CT molecular complexity index is 1100. The van der Waals surface area contributed by atoms with E-state index >= 15 is 0 Å². The van der Waals surface area contributed by atoms with Gasteiger partial charge in [-0.25, -0.2) is 4.39 Å². The minimum absolute atomic E-state index is 0.129. The number of hydrogen-bond acceptors (Lipinski definition) is 6. The van der Waals surface area contributed by atoms with Crippen molar-refractivity contribution in [3.8, 4) is 0 Å². The number of carbonyl (C=O) groups is 3. The number of hydrogen-bond donors (Lipinski definition) is 1. The Morgan fingerprint density at radius 3 is 2.69 bits per heavy atom. The van der Waals surface area contributed by atoms with Gasteiger partial charge in [-0.3, -0.25) is 19.3 Å². The van der Waals surface area contributed by atoms with Crippen molar-refractivity contribution in [2.75, 3.05) is 43.1 Å². The molecule has 0 saturated carbocycles. The highest BCUT2D eigenvalue weighted by Gasteiger charge is 2.36. The summed E-state index contributed by atoms with van der Waals surface area (Å²) in [5.41, 5.74) is 1.38. The van der Waals surface area contributed by atoms with E-state index in [1.807, 2.05) is 4.90 Å². The van der Waals surface area contributed by atoms with Gasteiger partial charge < -0.3 is 15.0 Å². The number of nitrogens with one attached hydrogen (secondary N) is 1. The van der Waals surface area contributed by atoms with E-state index < -0.39 is 29.4 Å². The van der Waals surface area contributed by atoms with Crippen LogP contribution in [-0.4, -0.2) is 54.8 Å². The van der Waals surface area contributed by atoms with Crippen molar-refractivity contribution >= 4 is 57.9 Å². The summed E-state index contributed by atoms with van der Waals surface area (Å²) in [6, 6.07) is 11.2. The number of amides is 3. The summed E-state index contributed by atoms with van der Waals surface area (Å²) in [6.45, 7) is 1.86. The SMILES string of the molecule is O=C(CN1C(=O)S/C(=C\c2ccc(N3CCOCC3)c(F)c2)C1=O)Nc1cccc(Cl)c1. The second-order valence-corrected chi connectivity index (χ2v) is 8.57. The first-order valence-corrected chi connectivity index (χ1v) is 11.0. The van der Waals surface area contributed by atoms with E-state index in [2.05, 4.69) is 5.32 Å². The summed E-state index contributed by atoms with van der Waals surface area (Å²) in [5.74, 6) is -1.54. The molecule has 2 fully saturated rings. The van der Waals surface area contributed by atoms with Crippen molar-refractivity contribution < 1.29 is 23.5 Å². The molecule has 2 aliphatic rings. The number of ether oxygens (including phenoxy) is 1. The standard InChI is InChI=1S/C22H19ClFN3O4S/c23-15-2-1-3-16(12-15)25-20(28)13-27-21(29)19(32-22(27)30)11-14-4-5-18(17(24)10-14)26-6-8-31-9-7-26/h1-5,10-12H,6-9,13H2,(H,25,28)/b19-11-. The second-order valence-electron chi connectivity index (χ2n) is 7.14. The summed E-state index contributed by atoms with van der Waals surface area (Å²) in [7, 11) is 0. The molecule has 0 aromatic heterocycles. The third-order valence-corrected chi connectivity index (χ3v) is 6.05. The molecule has 0 aliphatic carbocycles. The Balaban J connectivity index is 1.43. The monoisotopic (exact) mass is 475 g/mol. The molecule has 0 radical (unpaired) electrons. The Hall–Kier alpha value is -2.88. The minimum Gasteiger partial charge on any atom is -0.378 e. The van der Waals surface area contributed by atoms with Crippen LogP contribution in [0.5, 0.6) is 0 Å². The maximum atomic E-state index is 14.6. The summed E-state index contributed by atoms with van der Waals surface area (Å²) in [5, 5.41) is 2.48. The zero-order valence-electron chi connectivity index (χ0n) is 16.8. The largest absolute Gasteiger partial charge is 0.378 e. The van der Waals surface area contributed by atoms with E-state index in [4.69, 9.17) is 16.3 Å². The van der Waals surface area contributed by atoms with Crippen LogP contribution in [-0.2, 0) is 14.3 Å². The van der Waals surface area contributed by atoms with Crippen molar-refractivity contribution in [3.63, 3.8) is 0 Å². The molecule has 2 aromatic carbocycles. The van der Waals surface area contributed by atoms with E-state index in [-0.39, 0.29) is 4.91 Å². The van der Waals surface area contributed by atoms with Crippen LogP contribution in [0, 0.1) is 5.82 Å². The van der Waals surface area contributed by atoms with Crippen molar-refractivity contribution in [3.05, 3.63) is 63.8 Å². The van der Waals surface area contributed by atoms with Crippen molar-refractivity contribution in [2.45, 2.75) is 0 Å². The van der Waals surface area contributed by atoms with E-state index in [1.54, 1.807) is 36.4 Å². The first kappa shape index (κ1) is 22.3. The number of carbonyl (C=O) groups excluding carboxylic acids is 3. The Morgan fingerprint density at radius 2 is 1.97 bits per heavy atom. The maximum Gasteiger partial charge on any atom is 0.294 e. The molecule has 10 heteroatoms. The fourth-order valence-electron chi connectivity index (χ4n) is 3.37. The lowest BCUT2D eigenvalue weighted by atomic mass is 10.1. The fourth-order valence-corrected chi connectivity index (χ4v) is 4.40. The Labute approximate surface area is 193 Å². The zero-order chi connectivity index (χ0) is 22.7. The lowest BCUT2D eigenvalue weighted by Gasteiger charge is -2.29. The first-order chi connectivity index (χ1) is 15.4. The molecule has 2 heterocycles. The van der Waals surface area contributed by atoms with Gasteiger partial charge in [0.15, 0.2) is 0 Å². The summed E-state index contributed by atoms with van der Waals surface area (Å²) in [4.78, 5) is 40.1. The number of thioether (sulfide) groups is 1. The van der Waals surface area contributed by atoms with Crippen LogP contribution >= 0.6 is 23.4 Å². The third kappa shape index (κ3) is 5.12. The molecule has 0 atom stereocenters. The van der Waals surface area contributed by atoms with Gasteiger partial charge in [-0.05, 0) is 53.7 Å². The van der Waals surface area contributed by atoms with Crippen molar-refractivity contribution in [1.82, 2.24) is 4.90 Å². The summed E-state index contributed by atoms with van der Waals surface area (Å²) in [6.07, 6.45) is 1.45. The molecule has 1 N–H and O–H groups in total. The molecule has 0 bridgehead atoms. The van der Waals surface area contributed by atoms with Crippen molar-refractivity contribution in [1.29, 1.82) is 0 Å².